The number of halogens is 1. The highest BCUT2D eigenvalue weighted by molar-refractivity contribution is 9.10. The Balaban J connectivity index is 1.80. The molecule has 4 rings (SSSR count). The summed E-state index contributed by atoms with van der Waals surface area (Å²) in [6.07, 6.45) is 1.26. The number of benzene rings is 2. The highest BCUT2D eigenvalue weighted by Crippen LogP contribution is 2.39. The smallest absolute Gasteiger partial charge is 0.238 e. The summed E-state index contributed by atoms with van der Waals surface area (Å²) in [6.45, 7) is 1.86. The van der Waals surface area contributed by atoms with E-state index in [1.165, 1.54) is 6.33 Å². The molecule has 1 atom stereocenters. The van der Waals surface area contributed by atoms with Crippen LogP contribution in [0.15, 0.2) is 47.2 Å². The van der Waals surface area contributed by atoms with Gasteiger partial charge in [0.15, 0.2) is 11.5 Å². The summed E-state index contributed by atoms with van der Waals surface area (Å²) in [5.41, 5.74) is 1.75. The summed E-state index contributed by atoms with van der Waals surface area (Å²) in [7, 11) is 0. The summed E-state index contributed by atoms with van der Waals surface area (Å²) < 4.78 is 12.2. The number of rotatable bonds is 2. The second-order valence-corrected chi connectivity index (χ2v) is 5.89. The minimum Gasteiger partial charge on any atom is -0.451 e. The molecule has 1 N–H and O–H groups in total. The number of nitrogens with one attached hydrogen (secondary N) is 1. The van der Waals surface area contributed by atoms with Crippen molar-refractivity contribution in [3.63, 3.8) is 0 Å². The molecule has 0 saturated carbocycles. The standard InChI is InChI=1S/C16H12BrN3O2/c1-9-21-14-6-12-13(7-15(14)22-9)18-8-19-16(12)20-11-4-2-3-10(17)5-11/h2-9H,1H3,(H,18,19,20). The van der Waals surface area contributed by atoms with Crippen LogP contribution in [0.5, 0.6) is 11.5 Å². The summed E-state index contributed by atoms with van der Waals surface area (Å²) >= 11 is 3.46. The van der Waals surface area contributed by atoms with Crippen molar-refractivity contribution in [2.24, 2.45) is 0 Å². The quantitative estimate of drug-likeness (QED) is 0.742. The number of hydrogen-bond donors (Lipinski definition) is 1. The molecule has 1 aromatic heterocycles. The minimum absolute atomic E-state index is 0.277. The number of aromatic nitrogens is 2. The molecule has 0 spiro atoms. The Hall–Kier alpha value is -2.34. The summed E-state index contributed by atoms with van der Waals surface area (Å²) in [5.74, 6) is 2.16. The Morgan fingerprint density at radius 2 is 1.91 bits per heavy atom. The molecule has 5 nitrogen and oxygen atoms in total. The van der Waals surface area contributed by atoms with Gasteiger partial charge >= 0.3 is 0 Å². The van der Waals surface area contributed by atoms with E-state index in [4.69, 9.17) is 9.47 Å². The molecule has 0 saturated heterocycles. The largest absolute Gasteiger partial charge is 0.451 e. The predicted octanol–water partition coefficient (Wildman–Crippen LogP) is 4.25. The van der Waals surface area contributed by atoms with E-state index in [1.54, 1.807) is 0 Å². The van der Waals surface area contributed by atoms with Gasteiger partial charge in [-0.2, -0.15) is 0 Å². The number of anilines is 2. The summed E-state index contributed by atoms with van der Waals surface area (Å²) in [6, 6.07) is 11.7. The molecule has 2 heterocycles. The minimum atomic E-state index is -0.277. The molecule has 6 heteroatoms. The van der Waals surface area contributed by atoms with Crippen LogP contribution >= 0.6 is 15.9 Å². The van der Waals surface area contributed by atoms with Crippen LogP contribution in [0.25, 0.3) is 10.9 Å². The first-order valence-corrected chi connectivity index (χ1v) is 7.63. The van der Waals surface area contributed by atoms with Crippen molar-refractivity contribution in [2.45, 2.75) is 13.2 Å². The van der Waals surface area contributed by atoms with Crippen molar-refractivity contribution in [3.05, 3.63) is 47.2 Å². The zero-order valence-corrected chi connectivity index (χ0v) is 13.3. The molecular formula is C16H12BrN3O2. The van der Waals surface area contributed by atoms with Crippen LogP contribution in [0.3, 0.4) is 0 Å². The van der Waals surface area contributed by atoms with E-state index in [9.17, 15) is 0 Å². The monoisotopic (exact) mass is 357 g/mol. The van der Waals surface area contributed by atoms with Crippen molar-refractivity contribution >= 4 is 38.3 Å². The molecule has 110 valence electrons. The van der Waals surface area contributed by atoms with E-state index in [2.05, 4.69) is 31.2 Å². The summed E-state index contributed by atoms with van der Waals surface area (Å²) in [4.78, 5) is 8.65. The lowest BCUT2D eigenvalue weighted by Gasteiger charge is -2.09. The first-order valence-electron chi connectivity index (χ1n) is 6.84. The lowest BCUT2D eigenvalue weighted by molar-refractivity contribution is 0.0679. The van der Waals surface area contributed by atoms with Gasteiger partial charge in [-0.3, -0.25) is 0 Å². The van der Waals surface area contributed by atoms with E-state index in [0.717, 1.165) is 26.9 Å². The zero-order chi connectivity index (χ0) is 15.1. The van der Waals surface area contributed by atoms with Gasteiger partial charge in [-0.1, -0.05) is 22.0 Å². The van der Waals surface area contributed by atoms with Gasteiger partial charge in [0.05, 0.1) is 5.52 Å². The van der Waals surface area contributed by atoms with Gasteiger partial charge in [0.2, 0.25) is 6.29 Å². The molecule has 0 bridgehead atoms. The van der Waals surface area contributed by atoms with Crippen LogP contribution in [0.1, 0.15) is 6.92 Å². The van der Waals surface area contributed by atoms with Crippen molar-refractivity contribution in [3.8, 4) is 11.5 Å². The van der Waals surface area contributed by atoms with Gasteiger partial charge < -0.3 is 14.8 Å². The molecule has 22 heavy (non-hydrogen) atoms. The summed E-state index contributed by atoms with van der Waals surface area (Å²) in [5, 5.41) is 4.20. The van der Waals surface area contributed by atoms with E-state index in [1.807, 2.05) is 43.3 Å². The molecular weight excluding hydrogens is 346 g/mol. The van der Waals surface area contributed by atoms with Gasteiger partial charge in [-0.25, -0.2) is 9.97 Å². The fraction of sp³-hybridized carbons (Fsp3) is 0.125. The van der Waals surface area contributed by atoms with Crippen LogP contribution in [-0.2, 0) is 0 Å². The van der Waals surface area contributed by atoms with E-state index in [-0.39, 0.29) is 6.29 Å². The number of nitrogens with zero attached hydrogens (tertiary/aromatic N) is 2. The van der Waals surface area contributed by atoms with Crippen LogP contribution in [-0.4, -0.2) is 16.3 Å². The Kier molecular flexibility index (Phi) is 3.11. The third-order valence-electron chi connectivity index (χ3n) is 3.37. The lowest BCUT2D eigenvalue weighted by atomic mass is 10.2. The lowest BCUT2D eigenvalue weighted by Crippen LogP contribution is -2.11. The third-order valence-corrected chi connectivity index (χ3v) is 3.87. The fourth-order valence-electron chi connectivity index (χ4n) is 2.43. The Bertz CT molecular complexity index is 869. The van der Waals surface area contributed by atoms with E-state index >= 15 is 0 Å². The Morgan fingerprint density at radius 3 is 2.73 bits per heavy atom. The Morgan fingerprint density at radius 1 is 1.09 bits per heavy atom. The first kappa shape index (κ1) is 13.3. The average Bonchev–Trinajstić information content (AvgIpc) is 2.84. The van der Waals surface area contributed by atoms with Crippen LogP contribution < -0.4 is 14.8 Å². The Labute approximate surface area is 135 Å². The zero-order valence-electron chi connectivity index (χ0n) is 11.7. The molecule has 1 aliphatic rings. The molecule has 0 aliphatic carbocycles. The van der Waals surface area contributed by atoms with Crippen molar-refractivity contribution in [1.29, 1.82) is 0 Å². The van der Waals surface area contributed by atoms with Gasteiger partial charge in [0.25, 0.3) is 0 Å². The third kappa shape index (κ3) is 2.35. The molecule has 1 aliphatic heterocycles. The van der Waals surface area contributed by atoms with Crippen LogP contribution in [0.4, 0.5) is 11.5 Å². The first-order chi connectivity index (χ1) is 10.7. The number of ether oxygens (including phenoxy) is 2. The van der Waals surface area contributed by atoms with Crippen LogP contribution in [0, 0.1) is 0 Å². The number of hydrogen-bond acceptors (Lipinski definition) is 5. The topological polar surface area (TPSA) is 56.3 Å². The molecule has 0 amide bonds. The fourth-order valence-corrected chi connectivity index (χ4v) is 2.83. The van der Waals surface area contributed by atoms with Gasteiger partial charge in [-0.15, -0.1) is 0 Å². The molecule has 0 fully saturated rings. The highest BCUT2D eigenvalue weighted by atomic mass is 79.9. The molecule has 0 radical (unpaired) electrons. The maximum absolute atomic E-state index is 5.63. The van der Waals surface area contributed by atoms with Crippen molar-refractivity contribution in [2.75, 3.05) is 5.32 Å². The second kappa shape index (κ2) is 5.14. The van der Waals surface area contributed by atoms with Crippen molar-refractivity contribution < 1.29 is 9.47 Å². The molecule has 3 aromatic rings. The van der Waals surface area contributed by atoms with Crippen LogP contribution in [0.2, 0.25) is 0 Å². The highest BCUT2D eigenvalue weighted by Gasteiger charge is 2.22. The van der Waals surface area contributed by atoms with Gasteiger partial charge in [0, 0.05) is 28.5 Å². The van der Waals surface area contributed by atoms with Gasteiger partial charge in [-0.05, 0) is 24.3 Å². The predicted molar refractivity (Wildman–Crippen MR) is 87.7 cm³/mol. The normalized spacial score (nSPS) is 16.0. The van der Waals surface area contributed by atoms with Gasteiger partial charge in [0.1, 0.15) is 12.1 Å². The van der Waals surface area contributed by atoms with Crippen molar-refractivity contribution in [1.82, 2.24) is 9.97 Å². The average molecular weight is 358 g/mol. The molecule has 2 aromatic carbocycles. The maximum atomic E-state index is 5.63. The maximum Gasteiger partial charge on any atom is 0.238 e. The molecule has 1 unspecified atom stereocenters. The SMILES string of the molecule is CC1Oc2cc3ncnc(Nc4cccc(Br)c4)c3cc2O1. The van der Waals surface area contributed by atoms with E-state index in [0.29, 0.717) is 11.5 Å². The van der Waals surface area contributed by atoms with E-state index < -0.39 is 0 Å². The number of fused-ring (bicyclic) bond motifs is 2. The second-order valence-electron chi connectivity index (χ2n) is 4.98.